The molecule has 1 aliphatic heterocycles. The maximum absolute atomic E-state index is 11.4. The van der Waals surface area contributed by atoms with Gasteiger partial charge in [0.05, 0.1) is 5.75 Å². The molecule has 1 heterocycles. The first-order valence-electron chi connectivity index (χ1n) is 6.77. The van der Waals surface area contributed by atoms with Crippen LogP contribution in [0.4, 0.5) is 0 Å². The number of nitrogens with one attached hydrogen (secondary N) is 1. The van der Waals surface area contributed by atoms with E-state index in [0.717, 1.165) is 0 Å². The monoisotopic (exact) mass is 255 g/mol. The molecule has 3 rings (SSSR count). The van der Waals surface area contributed by atoms with Gasteiger partial charge in [-0.2, -0.15) is 0 Å². The van der Waals surface area contributed by atoms with Crippen molar-refractivity contribution in [2.45, 2.75) is 57.0 Å². The van der Waals surface area contributed by atoms with Crippen molar-refractivity contribution in [3.8, 4) is 0 Å². The Labute approximate surface area is 104 Å². The van der Waals surface area contributed by atoms with E-state index in [-0.39, 0.29) is 11.8 Å². The lowest BCUT2D eigenvalue weighted by atomic mass is 9.57. The molecule has 2 aliphatic carbocycles. The van der Waals surface area contributed by atoms with Crippen molar-refractivity contribution in [3.63, 3.8) is 0 Å². The molecule has 0 amide bonds. The lowest BCUT2D eigenvalue weighted by molar-refractivity contribution is 0.0206. The van der Waals surface area contributed by atoms with Crippen molar-refractivity contribution in [1.29, 1.82) is 0 Å². The second-order valence-corrected chi connectivity index (χ2v) is 7.88. The van der Waals surface area contributed by atoms with E-state index in [1.807, 2.05) is 6.08 Å². The highest BCUT2D eigenvalue weighted by molar-refractivity contribution is 7.94. The summed E-state index contributed by atoms with van der Waals surface area (Å²) in [5.41, 5.74) is 0.512. The van der Waals surface area contributed by atoms with Gasteiger partial charge in [0.1, 0.15) is 0 Å². The quantitative estimate of drug-likeness (QED) is 0.821. The van der Waals surface area contributed by atoms with Crippen molar-refractivity contribution >= 4 is 9.84 Å². The molecular formula is C13H21NO2S. The van der Waals surface area contributed by atoms with Crippen LogP contribution in [0, 0.1) is 5.41 Å². The third-order valence-corrected chi connectivity index (χ3v) is 6.26. The molecular weight excluding hydrogens is 234 g/mol. The van der Waals surface area contributed by atoms with Crippen LogP contribution >= 0.6 is 0 Å². The molecule has 4 heteroatoms. The highest BCUT2D eigenvalue weighted by Crippen LogP contribution is 2.51. The van der Waals surface area contributed by atoms with Crippen LogP contribution in [0.15, 0.2) is 11.5 Å². The molecule has 0 aromatic rings. The molecule has 2 saturated carbocycles. The molecule has 0 aromatic heterocycles. The van der Waals surface area contributed by atoms with Gasteiger partial charge in [-0.05, 0) is 31.1 Å². The van der Waals surface area contributed by atoms with Crippen LogP contribution in [0.25, 0.3) is 0 Å². The number of rotatable bonds is 2. The van der Waals surface area contributed by atoms with E-state index in [0.29, 0.717) is 11.5 Å². The molecule has 0 bridgehead atoms. The zero-order valence-corrected chi connectivity index (χ0v) is 11.0. The summed E-state index contributed by atoms with van der Waals surface area (Å²) in [6.07, 6.45) is 11.2. The Bertz CT molecular complexity index is 421. The summed E-state index contributed by atoms with van der Waals surface area (Å²) in [4.78, 5) is 0. The highest BCUT2D eigenvalue weighted by Gasteiger charge is 2.47. The SMILES string of the molecule is O=S1(=O)C=CC(NC2CCC23CCCCC3)C1. The van der Waals surface area contributed by atoms with E-state index in [2.05, 4.69) is 5.32 Å². The van der Waals surface area contributed by atoms with Crippen LogP contribution in [0.3, 0.4) is 0 Å². The Kier molecular flexibility index (Phi) is 2.82. The summed E-state index contributed by atoms with van der Waals surface area (Å²) in [7, 11) is -2.91. The Balaban J connectivity index is 1.61. The maximum Gasteiger partial charge on any atom is 0.173 e. The van der Waals surface area contributed by atoms with Crippen LogP contribution in [-0.2, 0) is 9.84 Å². The van der Waals surface area contributed by atoms with E-state index in [9.17, 15) is 8.42 Å². The average molecular weight is 255 g/mol. The highest BCUT2D eigenvalue weighted by atomic mass is 32.2. The minimum absolute atomic E-state index is 0.0594. The molecule has 3 nitrogen and oxygen atoms in total. The standard InChI is InChI=1S/C13H21NO2S/c15-17(16)9-5-11(10-17)14-12-4-8-13(12)6-2-1-3-7-13/h5,9,11-12,14H,1-4,6-8,10H2. The molecule has 17 heavy (non-hydrogen) atoms. The van der Waals surface area contributed by atoms with Crippen molar-refractivity contribution in [2.24, 2.45) is 5.41 Å². The molecule has 0 radical (unpaired) electrons. The van der Waals surface area contributed by atoms with E-state index in [1.54, 1.807) is 0 Å². The van der Waals surface area contributed by atoms with E-state index < -0.39 is 9.84 Å². The molecule has 0 aromatic carbocycles. The van der Waals surface area contributed by atoms with Crippen molar-refractivity contribution in [1.82, 2.24) is 5.32 Å². The summed E-state index contributed by atoms with van der Waals surface area (Å²) >= 11 is 0. The van der Waals surface area contributed by atoms with Crippen LogP contribution in [0.1, 0.15) is 44.9 Å². The van der Waals surface area contributed by atoms with Crippen molar-refractivity contribution < 1.29 is 8.42 Å². The van der Waals surface area contributed by atoms with Crippen LogP contribution in [0.2, 0.25) is 0 Å². The van der Waals surface area contributed by atoms with Gasteiger partial charge in [-0.25, -0.2) is 8.42 Å². The van der Waals surface area contributed by atoms with E-state index in [4.69, 9.17) is 0 Å². The molecule has 96 valence electrons. The van der Waals surface area contributed by atoms with Gasteiger partial charge < -0.3 is 5.32 Å². The summed E-state index contributed by atoms with van der Waals surface area (Å²) in [5.74, 6) is 0.263. The van der Waals surface area contributed by atoms with Crippen LogP contribution in [-0.4, -0.2) is 26.3 Å². The minimum atomic E-state index is -2.91. The van der Waals surface area contributed by atoms with Gasteiger partial charge in [0.15, 0.2) is 9.84 Å². The Morgan fingerprint density at radius 1 is 1.12 bits per heavy atom. The summed E-state index contributed by atoms with van der Waals surface area (Å²) in [6, 6.07) is 0.620. The predicted molar refractivity (Wildman–Crippen MR) is 68.4 cm³/mol. The lowest BCUT2D eigenvalue weighted by Gasteiger charge is -2.53. The summed E-state index contributed by atoms with van der Waals surface area (Å²) in [6.45, 7) is 0. The Hall–Kier alpha value is -0.350. The van der Waals surface area contributed by atoms with Crippen LogP contribution < -0.4 is 5.32 Å². The molecule has 1 N–H and O–H groups in total. The van der Waals surface area contributed by atoms with Gasteiger partial charge in [0, 0.05) is 17.5 Å². The second kappa shape index (κ2) is 4.09. The molecule has 3 aliphatic rings. The summed E-state index contributed by atoms with van der Waals surface area (Å²) in [5, 5.41) is 4.94. The third kappa shape index (κ3) is 2.17. The van der Waals surface area contributed by atoms with Gasteiger partial charge in [-0.3, -0.25) is 0 Å². The van der Waals surface area contributed by atoms with Gasteiger partial charge in [0.25, 0.3) is 0 Å². The van der Waals surface area contributed by atoms with Crippen LogP contribution in [0.5, 0.6) is 0 Å². The van der Waals surface area contributed by atoms with Gasteiger partial charge in [-0.1, -0.05) is 25.3 Å². The first kappa shape index (κ1) is 11.7. The lowest BCUT2D eigenvalue weighted by Crippen LogP contribution is -2.57. The molecule has 2 atom stereocenters. The Morgan fingerprint density at radius 3 is 2.41 bits per heavy atom. The fourth-order valence-corrected chi connectivity index (χ4v) is 5.00. The first-order valence-corrected chi connectivity index (χ1v) is 8.48. The fourth-order valence-electron chi connectivity index (χ4n) is 3.75. The van der Waals surface area contributed by atoms with Gasteiger partial charge in [0.2, 0.25) is 0 Å². The number of hydrogen-bond donors (Lipinski definition) is 1. The largest absolute Gasteiger partial charge is 0.306 e. The maximum atomic E-state index is 11.4. The van der Waals surface area contributed by atoms with Gasteiger partial charge >= 0.3 is 0 Å². The average Bonchev–Trinajstić information content (AvgIpc) is 2.66. The zero-order chi connectivity index (χ0) is 11.9. The molecule has 2 fully saturated rings. The second-order valence-electron chi connectivity index (χ2n) is 5.95. The fraction of sp³-hybridized carbons (Fsp3) is 0.846. The minimum Gasteiger partial charge on any atom is -0.306 e. The third-order valence-electron chi connectivity index (χ3n) is 4.86. The molecule has 0 saturated heterocycles. The summed E-state index contributed by atoms with van der Waals surface area (Å²) < 4.78 is 22.7. The topological polar surface area (TPSA) is 46.2 Å². The normalized spacial score (nSPS) is 38.1. The number of sulfone groups is 1. The number of hydrogen-bond acceptors (Lipinski definition) is 3. The Morgan fingerprint density at radius 2 is 1.88 bits per heavy atom. The van der Waals surface area contributed by atoms with E-state index >= 15 is 0 Å². The van der Waals surface area contributed by atoms with Crippen molar-refractivity contribution in [2.75, 3.05) is 5.75 Å². The van der Waals surface area contributed by atoms with Gasteiger partial charge in [-0.15, -0.1) is 0 Å². The predicted octanol–water partition coefficient (Wildman–Crippen LogP) is 2.00. The molecule has 2 unspecified atom stereocenters. The zero-order valence-electron chi connectivity index (χ0n) is 10.2. The van der Waals surface area contributed by atoms with E-state index in [1.165, 1.54) is 50.4 Å². The molecule has 1 spiro atoms. The first-order chi connectivity index (χ1) is 8.10. The smallest absolute Gasteiger partial charge is 0.173 e. The van der Waals surface area contributed by atoms with Crippen molar-refractivity contribution in [3.05, 3.63) is 11.5 Å².